The number of hydrogen-bond donors (Lipinski definition) is 1. The van der Waals surface area contributed by atoms with Crippen LogP contribution in [0.5, 0.6) is 5.75 Å². The van der Waals surface area contributed by atoms with Gasteiger partial charge in [0.25, 0.3) is 10.0 Å². The highest BCUT2D eigenvalue weighted by molar-refractivity contribution is 7.92. The molecule has 0 fully saturated rings. The molecule has 2 rings (SSSR count). The first-order chi connectivity index (χ1) is 11.3. The van der Waals surface area contributed by atoms with Crippen molar-refractivity contribution < 1.29 is 22.7 Å². The number of para-hydroxylation sites is 2. The van der Waals surface area contributed by atoms with E-state index in [4.69, 9.17) is 27.9 Å². The fourth-order valence-electron chi connectivity index (χ4n) is 1.93. The predicted molar refractivity (Wildman–Crippen MR) is 91.6 cm³/mol. The van der Waals surface area contributed by atoms with Gasteiger partial charge in [0.15, 0.2) is 0 Å². The molecule has 1 N–H and O–H groups in total. The van der Waals surface area contributed by atoms with Gasteiger partial charge < -0.3 is 9.47 Å². The van der Waals surface area contributed by atoms with Crippen molar-refractivity contribution in [1.29, 1.82) is 0 Å². The number of hydrogen-bond acceptors (Lipinski definition) is 5. The van der Waals surface area contributed by atoms with Gasteiger partial charge in [-0.2, -0.15) is 0 Å². The molecule has 0 amide bonds. The largest absolute Gasteiger partial charge is 0.495 e. The Kier molecular flexibility index (Phi) is 5.58. The van der Waals surface area contributed by atoms with Crippen LogP contribution in [0.2, 0.25) is 10.0 Å². The summed E-state index contributed by atoms with van der Waals surface area (Å²) in [6, 6.07) is 8.70. The molecule has 0 saturated carbocycles. The van der Waals surface area contributed by atoms with Crippen LogP contribution in [-0.4, -0.2) is 28.6 Å². The van der Waals surface area contributed by atoms with Gasteiger partial charge >= 0.3 is 5.97 Å². The molecule has 0 spiro atoms. The van der Waals surface area contributed by atoms with Gasteiger partial charge in [-0.1, -0.05) is 35.3 Å². The monoisotopic (exact) mass is 389 g/mol. The lowest BCUT2D eigenvalue weighted by atomic mass is 10.2. The second kappa shape index (κ2) is 7.29. The van der Waals surface area contributed by atoms with Crippen molar-refractivity contribution in [3.8, 4) is 5.75 Å². The van der Waals surface area contributed by atoms with E-state index in [0.717, 1.165) is 13.2 Å². The van der Waals surface area contributed by atoms with Gasteiger partial charge in [0.05, 0.1) is 35.5 Å². The second-order valence-corrected chi connectivity index (χ2v) is 7.03. The molecule has 0 saturated heterocycles. The molecule has 6 nitrogen and oxygen atoms in total. The van der Waals surface area contributed by atoms with Crippen LogP contribution < -0.4 is 9.46 Å². The Labute approximate surface area is 149 Å². The first-order valence-electron chi connectivity index (χ1n) is 6.53. The van der Waals surface area contributed by atoms with Crippen molar-refractivity contribution in [2.24, 2.45) is 0 Å². The van der Waals surface area contributed by atoms with Gasteiger partial charge in [-0.25, -0.2) is 13.2 Å². The number of nitrogens with one attached hydrogen (secondary N) is 1. The van der Waals surface area contributed by atoms with E-state index >= 15 is 0 Å². The number of benzene rings is 2. The number of rotatable bonds is 5. The lowest BCUT2D eigenvalue weighted by Crippen LogP contribution is -2.15. The Hall–Kier alpha value is -1.96. The average Bonchev–Trinajstić information content (AvgIpc) is 2.54. The molecule has 0 aromatic heterocycles. The Morgan fingerprint density at radius 2 is 1.75 bits per heavy atom. The summed E-state index contributed by atoms with van der Waals surface area (Å²) in [6.07, 6.45) is 0. The molecule has 0 bridgehead atoms. The Morgan fingerprint density at radius 3 is 2.38 bits per heavy atom. The fourth-order valence-corrected chi connectivity index (χ4v) is 3.85. The maximum absolute atomic E-state index is 12.6. The molecule has 128 valence electrons. The number of esters is 1. The number of anilines is 1. The van der Waals surface area contributed by atoms with Gasteiger partial charge in [-0.3, -0.25) is 4.72 Å². The molecular formula is C15H13Cl2NO5S. The molecule has 0 aliphatic carbocycles. The third kappa shape index (κ3) is 3.75. The standard InChI is InChI=1S/C15H13Cl2NO5S/c1-22-13-6-4-3-5-12(13)18-24(20,21)14-7-9(15(19)23-2)10(16)8-11(14)17/h3-8,18H,1-2H3. The molecule has 2 aromatic carbocycles. The molecule has 0 aliphatic rings. The van der Waals surface area contributed by atoms with Crippen LogP contribution in [0, 0.1) is 0 Å². The molecule has 0 radical (unpaired) electrons. The molecule has 0 unspecified atom stereocenters. The highest BCUT2D eigenvalue weighted by atomic mass is 35.5. The number of sulfonamides is 1. The third-order valence-corrected chi connectivity index (χ3v) is 5.21. The Balaban J connectivity index is 2.51. The smallest absolute Gasteiger partial charge is 0.339 e. The van der Waals surface area contributed by atoms with Gasteiger partial charge in [0, 0.05) is 0 Å². The van der Waals surface area contributed by atoms with Gasteiger partial charge in [0.1, 0.15) is 10.6 Å². The maximum atomic E-state index is 12.6. The summed E-state index contributed by atoms with van der Waals surface area (Å²) in [5, 5.41) is -0.141. The maximum Gasteiger partial charge on any atom is 0.339 e. The van der Waals surface area contributed by atoms with Crippen molar-refractivity contribution in [3.63, 3.8) is 0 Å². The van der Waals surface area contributed by atoms with E-state index in [-0.39, 0.29) is 26.2 Å². The normalized spacial score (nSPS) is 11.0. The van der Waals surface area contributed by atoms with Crippen LogP contribution in [0.15, 0.2) is 41.3 Å². The Morgan fingerprint density at radius 1 is 1.08 bits per heavy atom. The predicted octanol–water partition coefficient (Wildman–Crippen LogP) is 3.59. The van der Waals surface area contributed by atoms with Crippen LogP contribution in [-0.2, 0) is 14.8 Å². The third-order valence-electron chi connectivity index (χ3n) is 3.07. The average molecular weight is 390 g/mol. The minimum atomic E-state index is -4.09. The molecule has 0 atom stereocenters. The summed E-state index contributed by atoms with van der Waals surface area (Å²) in [6.45, 7) is 0. The molecule has 2 aromatic rings. The van der Waals surface area contributed by atoms with Crippen LogP contribution in [0.4, 0.5) is 5.69 Å². The summed E-state index contributed by atoms with van der Waals surface area (Å²) in [5.74, 6) is -0.440. The van der Waals surface area contributed by atoms with Gasteiger partial charge in [0.2, 0.25) is 0 Å². The van der Waals surface area contributed by atoms with E-state index < -0.39 is 16.0 Å². The van der Waals surface area contributed by atoms with Crippen molar-refractivity contribution in [2.45, 2.75) is 4.90 Å². The van der Waals surface area contributed by atoms with Crippen LogP contribution >= 0.6 is 23.2 Å². The number of methoxy groups -OCH3 is 2. The molecule has 0 heterocycles. The number of ether oxygens (including phenoxy) is 2. The minimum Gasteiger partial charge on any atom is -0.495 e. The summed E-state index contributed by atoms with van der Waals surface area (Å²) >= 11 is 11.9. The SMILES string of the molecule is COC(=O)c1cc(S(=O)(=O)Nc2ccccc2OC)c(Cl)cc1Cl. The molecule has 9 heteroatoms. The highest BCUT2D eigenvalue weighted by Gasteiger charge is 2.24. The van der Waals surface area contributed by atoms with Gasteiger partial charge in [-0.05, 0) is 24.3 Å². The van der Waals surface area contributed by atoms with Crippen molar-refractivity contribution in [1.82, 2.24) is 0 Å². The summed E-state index contributed by atoms with van der Waals surface area (Å²) in [4.78, 5) is 11.4. The number of carbonyl (C=O) groups is 1. The van der Waals surface area contributed by atoms with E-state index in [0.29, 0.717) is 5.75 Å². The highest BCUT2D eigenvalue weighted by Crippen LogP contribution is 2.32. The first-order valence-corrected chi connectivity index (χ1v) is 8.77. The quantitative estimate of drug-likeness (QED) is 0.790. The van der Waals surface area contributed by atoms with Crippen molar-refractivity contribution in [2.75, 3.05) is 18.9 Å². The minimum absolute atomic E-state index is 0.0110. The second-order valence-electron chi connectivity index (χ2n) is 4.56. The molecule has 0 aliphatic heterocycles. The van der Waals surface area contributed by atoms with E-state index in [1.165, 1.54) is 19.2 Å². The first kappa shape index (κ1) is 18.4. The number of halogens is 2. The zero-order valence-corrected chi connectivity index (χ0v) is 15.0. The number of carbonyl (C=O) groups excluding carboxylic acids is 1. The van der Waals surface area contributed by atoms with Crippen molar-refractivity contribution in [3.05, 3.63) is 52.0 Å². The zero-order chi connectivity index (χ0) is 17.9. The lowest BCUT2D eigenvalue weighted by molar-refractivity contribution is 0.0600. The van der Waals surface area contributed by atoms with E-state index in [1.54, 1.807) is 18.2 Å². The molecule has 24 heavy (non-hydrogen) atoms. The van der Waals surface area contributed by atoms with Crippen LogP contribution in [0.3, 0.4) is 0 Å². The van der Waals surface area contributed by atoms with Crippen LogP contribution in [0.1, 0.15) is 10.4 Å². The lowest BCUT2D eigenvalue weighted by Gasteiger charge is -2.13. The zero-order valence-electron chi connectivity index (χ0n) is 12.7. The van der Waals surface area contributed by atoms with Gasteiger partial charge in [-0.15, -0.1) is 0 Å². The summed E-state index contributed by atoms with van der Waals surface area (Å²) < 4.78 is 37.3. The van der Waals surface area contributed by atoms with Crippen LogP contribution in [0.25, 0.3) is 0 Å². The van der Waals surface area contributed by atoms with E-state index in [2.05, 4.69) is 9.46 Å². The molecular weight excluding hydrogens is 377 g/mol. The van der Waals surface area contributed by atoms with E-state index in [9.17, 15) is 13.2 Å². The van der Waals surface area contributed by atoms with E-state index in [1.807, 2.05) is 0 Å². The Bertz CT molecular complexity index is 883. The summed E-state index contributed by atoms with van der Waals surface area (Å²) in [7, 11) is -1.51. The summed E-state index contributed by atoms with van der Waals surface area (Å²) in [5.41, 5.74) is 0.120. The fraction of sp³-hybridized carbons (Fsp3) is 0.133. The topological polar surface area (TPSA) is 81.7 Å². The van der Waals surface area contributed by atoms with Crippen molar-refractivity contribution >= 4 is 44.9 Å².